The van der Waals surface area contributed by atoms with Crippen molar-refractivity contribution in [3.8, 4) is 5.75 Å². The van der Waals surface area contributed by atoms with Crippen LogP contribution in [0.4, 0.5) is 0 Å². The maximum Gasteiger partial charge on any atom is 0.119 e. The highest BCUT2D eigenvalue weighted by atomic mass is 16.5. The molecule has 2 atom stereocenters. The van der Waals surface area contributed by atoms with Crippen molar-refractivity contribution in [2.45, 2.75) is 51.1 Å². The molecule has 0 bridgehead atoms. The van der Waals surface area contributed by atoms with Gasteiger partial charge < -0.3 is 10.1 Å². The van der Waals surface area contributed by atoms with E-state index in [0.717, 1.165) is 12.3 Å². The molecule has 3 nitrogen and oxygen atoms in total. The third-order valence-corrected chi connectivity index (χ3v) is 4.98. The van der Waals surface area contributed by atoms with Gasteiger partial charge in [-0.1, -0.05) is 19.4 Å². The molecule has 0 saturated carbocycles. The molecule has 3 heteroatoms. The Balaban J connectivity index is 1.84. The smallest absolute Gasteiger partial charge is 0.119 e. The molecular weight excluding hydrogens is 260 g/mol. The van der Waals surface area contributed by atoms with Crippen molar-refractivity contribution in [1.29, 1.82) is 0 Å². The van der Waals surface area contributed by atoms with Gasteiger partial charge in [0.05, 0.1) is 7.11 Å². The lowest BCUT2D eigenvalue weighted by Crippen LogP contribution is -2.45. The number of rotatable bonds is 5. The van der Waals surface area contributed by atoms with Gasteiger partial charge in [0.1, 0.15) is 5.75 Å². The van der Waals surface area contributed by atoms with Crippen LogP contribution >= 0.6 is 0 Å². The first-order chi connectivity index (χ1) is 10.3. The van der Waals surface area contributed by atoms with Crippen LogP contribution in [0.2, 0.25) is 0 Å². The zero-order valence-corrected chi connectivity index (χ0v) is 13.4. The second-order valence-electron chi connectivity index (χ2n) is 6.36. The van der Waals surface area contributed by atoms with Crippen LogP contribution < -0.4 is 10.1 Å². The van der Waals surface area contributed by atoms with Gasteiger partial charge in [-0.3, -0.25) is 4.90 Å². The van der Waals surface area contributed by atoms with E-state index in [2.05, 4.69) is 35.3 Å². The van der Waals surface area contributed by atoms with Crippen LogP contribution in [0, 0.1) is 0 Å². The second-order valence-corrected chi connectivity index (χ2v) is 6.36. The Hall–Kier alpha value is -1.06. The van der Waals surface area contributed by atoms with Crippen LogP contribution in [-0.2, 0) is 6.42 Å². The summed E-state index contributed by atoms with van der Waals surface area (Å²) in [7, 11) is 1.76. The van der Waals surface area contributed by atoms with Gasteiger partial charge in [-0.15, -0.1) is 0 Å². The molecule has 1 N–H and O–H groups in total. The van der Waals surface area contributed by atoms with Crippen molar-refractivity contribution in [2.24, 2.45) is 0 Å². The molecule has 1 aromatic carbocycles. The summed E-state index contributed by atoms with van der Waals surface area (Å²) in [5.74, 6) is 0.983. The summed E-state index contributed by atoms with van der Waals surface area (Å²) in [6.45, 7) is 5.86. The van der Waals surface area contributed by atoms with Gasteiger partial charge in [0.15, 0.2) is 0 Å². The zero-order chi connectivity index (χ0) is 14.7. The third kappa shape index (κ3) is 3.09. The van der Waals surface area contributed by atoms with Crippen molar-refractivity contribution in [3.63, 3.8) is 0 Å². The van der Waals surface area contributed by atoms with Gasteiger partial charge in [-0.25, -0.2) is 0 Å². The molecule has 1 aliphatic carbocycles. The monoisotopic (exact) mass is 288 g/mol. The summed E-state index contributed by atoms with van der Waals surface area (Å²) in [6.07, 6.45) is 6.48. The number of likely N-dealkylation sites (tertiary alicyclic amines) is 1. The molecule has 0 amide bonds. The van der Waals surface area contributed by atoms with E-state index in [1.807, 2.05) is 0 Å². The Morgan fingerprint density at radius 2 is 2.05 bits per heavy atom. The van der Waals surface area contributed by atoms with E-state index >= 15 is 0 Å². The molecule has 2 aliphatic rings. The quantitative estimate of drug-likeness (QED) is 0.901. The highest BCUT2D eigenvalue weighted by Crippen LogP contribution is 2.37. The number of nitrogens with one attached hydrogen (secondary N) is 1. The topological polar surface area (TPSA) is 24.5 Å². The second kappa shape index (κ2) is 6.80. The third-order valence-electron chi connectivity index (χ3n) is 4.98. The average Bonchev–Trinajstić information content (AvgIpc) is 2.91. The molecule has 21 heavy (non-hydrogen) atoms. The van der Waals surface area contributed by atoms with Crippen LogP contribution in [0.25, 0.3) is 0 Å². The summed E-state index contributed by atoms with van der Waals surface area (Å²) in [4.78, 5) is 2.71. The van der Waals surface area contributed by atoms with Gasteiger partial charge in [0.25, 0.3) is 0 Å². The number of methoxy groups -OCH3 is 1. The van der Waals surface area contributed by atoms with Crippen molar-refractivity contribution in [1.82, 2.24) is 10.2 Å². The molecule has 116 valence electrons. The first-order valence-electron chi connectivity index (χ1n) is 8.47. The molecular formula is C18H28N2O. The predicted molar refractivity (Wildman–Crippen MR) is 86.9 cm³/mol. The number of nitrogens with zero attached hydrogens (tertiary/aromatic N) is 1. The Morgan fingerprint density at radius 1 is 1.24 bits per heavy atom. The molecule has 1 aromatic rings. The number of hydrogen-bond donors (Lipinski definition) is 1. The Morgan fingerprint density at radius 3 is 2.76 bits per heavy atom. The van der Waals surface area contributed by atoms with E-state index in [1.54, 1.807) is 7.11 Å². The number of piperidine rings is 1. The fourth-order valence-electron chi connectivity index (χ4n) is 3.86. The summed E-state index contributed by atoms with van der Waals surface area (Å²) >= 11 is 0. The van der Waals surface area contributed by atoms with Crippen LogP contribution in [0.5, 0.6) is 5.75 Å². The minimum absolute atomic E-state index is 0.466. The molecule has 3 rings (SSSR count). The highest BCUT2D eigenvalue weighted by molar-refractivity contribution is 5.43. The largest absolute Gasteiger partial charge is 0.497 e. The minimum atomic E-state index is 0.466. The highest BCUT2D eigenvalue weighted by Gasteiger charge is 2.36. The number of benzene rings is 1. The lowest BCUT2D eigenvalue weighted by Gasteiger charge is -2.36. The lowest BCUT2D eigenvalue weighted by molar-refractivity contribution is 0.138. The Kier molecular flexibility index (Phi) is 4.81. The summed E-state index contributed by atoms with van der Waals surface area (Å²) in [5, 5.41) is 3.79. The van der Waals surface area contributed by atoms with Crippen molar-refractivity contribution in [2.75, 3.05) is 26.7 Å². The first kappa shape index (κ1) is 14.9. The van der Waals surface area contributed by atoms with E-state index in [9.17, 15) is 0 Å². The van der Waals surface area contributed by atoms with Gasteiger partial charge in [-0.05, 0) is 68.6 Å². The van der Waals surface area contributed by atoms with Crippen molar-refractivity contribution < 1.29 is 4.74 Å². The van der Waals surface area contributed by atoms with E-state index in [4.69, 9.17) is 4.74 Å². The standard InChI is InChI=1S/C18H28N2O/c1-3-9-19-18-16-13-15(21-2)8-7-14(16)12-17(18)20-10-5-4-6-11-20/h7-8,13,17-19H,3-6,9-12H2,1-2H3. The van der Waals surface area contributed by atoms with E-state index in [0.29, 0.717) is 12.1 Å². The summed E-state index contributed by atoms with van der Waals surface area (Å²) in [5.41, 5.74) is 2.96. The van der Waals surface area contributed by atoms with Crippen molar-refractivity contribution in [3.05, 3.63) is 29.3 Å². The van der Waals surface area contributed by atoms with Crippen LogP contribution in [-0.4, -0.2) is 37.7 Å². The summed E-state index contributed by atoms with van der Waals surface area (Å²) < 4.78 is 5.43. The number of hydrogen-bond acceptors (Lipinski definition) is 3. The fraction of sp³-hybridized carbons (Fsp3) is 0.667. The van der Waals surface area contributed by atoms with Crippen LogP contribution in [0.15, 0.2) is 18.2 Å². The SMILES string of the molecule is CCCNC1c2cc(OC)ccc2CC1N1CCCCC1. The number of fused-ring (bicyclic) bond motifs is 1. The normalized spacial score (nSPS) is 25.8. The molecule has 1 aliphatic heterocycles. The van der Waals surface area contributed by atoms with Gasteiger partial charge in [-0.2, -0.15) is 0 Å². The maximum atomic E-state index is 5.43. The lowest BCUT2D eigenvalue weighted by atomic mass is 10.0. The average molecular weight is 288 g/mol. The molecule has 1 fully saturated rings. The number of ether oxygens (including phenoxy) is 1. The van der Waals surface area contributed by atoms with E-state index in [1.165, 1.54) is 56.3 Å². The van der Waals surface area contributed by atoms with Gasteiger partial charge in [0.2, 0.25) is 0 Å². The molecule has 1 saturated heterocycles. The summed E-state index contributed by atoms with van der Waals surface area (Å²) in [6, 6.07) is 7.70. The van der Waals surface area contributed by atoms with Crippen LogP contribution in [0.1, 0.15) is 49.8 Å². The minimum Gasteiger partial charge on any atom is -0.497 e. The van der Waals surface area contributed by atoms with Gasteiger partial charge in [0, 0.05) is 12.1 Å². The van der Waals surface area contributed by atoms with E-state index < -0.39 is 0 Å². The molecule has 2 unspecified atom stereocenters. The van der Waals surface area contributed by atoms with Gasteiger partial charge >= 0.3 is 0 Å². The zero-order valence-electron chi connectivity index (χ0n) is 13.4. The molecule has 1 heterocycles. The molecule has 0 aromatic heterocycles. The Labute approximate surface area is 128 Å². The molecule has 0 radical (unpaired) electrons. The van der Waals surface area contributed by atoms with E-state index in [-0.39, 0.29) is 0 Å². The molecule has 0 spiro atoms. The van der Waals surface area contributed by atoms with Crippen LogP contribution in [0.3, 0.4) is 0 Å². The predicted octanol–water partition coefficient (Wildman–Crippen LogP) is 3.15. The first-order valence-corrected chi connectivity index (χ1v) is 8.47. The fourth-order valence-corrected chi connectivity index (χ4v) is 3.86. The Bertz CT molecular complexity index is 468. The van der Waals surface area contributed by atoms with Crippen molar-refractivity contribution >= 4 is 0 Å². The maximum absolute atomic E-state index is 5.43.